The molecule has 0 fully saturated rings. The minimum absolute atomic E-state index is 0.542. The minimum atomic E-state index is -1.35. The minimum Gasteiger partial charge on any atom is -0.423 e. The van der Waals surface area contributed by atoms with Gasteiger partial charge < -0.3 is 10.0 Å². The van der Waals surface area contributed by atoms with Crippen molar-refractivity contribution in [2.75, 3.05) is 7.05 Å². The van der Waals surface area contributed by atoms with Gasteiger partial charge in [-0.1, -0.05) is 29.8 Å². The molecule has 1 aromatic rings. The molecule has 0 saturated carbocycles. The van der Waals surface area contributed by atoms with Crippen molar-refractivity contribution in [2.24, 2.45) is 4.99 Å². The van der Waals surface area contributed by atoms with Crippen LogP contribution in [-0.4, -0.2) is 30.3 Å². The molecular formula is C13H20BNO3. The lowest BCUT2D eigenvalue weighted by Gasteiger charge is -1.98. The van der Waals surface area contributed by atoms with Crippen LogP contribution in [0, 0.1) is 6.92 Å². The monoisotopic (exact) mass is 249 g/mol. The maximum atomic E-state index is 8.88. The fraction of sp³-hybridized carbons (Fsp3) is 0.154. The summed E-state index contributed by atoms with van der Waals surface area (Å²) in [5.41, 5.74) is 1.57. The number of nitrogens with zero attached hydrogens (tertiary/aromatic N) is 1. The summed E-state index contributed by atoms with van der Waals surface area (Å²) in [5.74, 6) is 0. The van der Waals surface area contributed by atoms with Crippen LogP contribution in [0.1, 0.15) is 5.56 Å². The topological polar surface area (TPSA) is 69.9 Å². The van der Waals surface area contributed by atoms with E-state index < -0.39 is 7.12 Å². The van der Waals surface area contributed by atoms with Gasteiger partial charge in [-0.05, 0) is 12.4 Å². The van der Waals surface area contributed by atoms with Crippen LogP contribution in [0.15, 0.2) is 55.6 Å². The predicted molar refractivity (Wildman–Crippen MR) is 77.6 cm³/mol. The van der Waals surface area contributed by atoms with E-state index in [1.807, 2.05) is 13.0 Å². The van der Waals surface area contributed by atoms with Crippen LogP contribution in [0.4, 0.5) is 0 Å². The molecule has 0 atom stereocenters. The first-order chi connectivity index (χ1) is 8.61. The van der Waals surface area contributed by atoms with Crippen molar-refractivity contribution in [2.45, 2.75) is 6.92 Å². The van der Waals surface area contributed by atoms with E-state index in [4.69, 9.17) is 14.8 Å². The van der Waals surface area contributed by atoms with Gasteiger partial charge in [0, 0.05) is 7.05 Å². The van der Waals surface area contributed by atoms with Crippen LogP contribution in [0.5, 0.6) is 0 Å². The molecule has 0 unspecified atom stereocenters. The van der Waals surface area contributed by atoms with Gasteiger partial charge >= 0.3 is 7.12 Å². The van der Waals surface area contributed by atoms with Gasteiger partial charge in [0.05, 0.1) is 0 Å². The second-order valence-corrected chi connectivity index (χ2v) is 2.60. The quantitative estimate of drug-likeness (QED) is 0.340. The first-order valence-electron chi connectivity index (χ1n) is 5.00. The van der Waals surface area contributed by atoms with Crippen LogP contribution in [0.3, 0.4) is 0 Å². The lowest BCUT2D eigenvalue weighted by molar-refractivity contribution is 0.425. The van der Waals surface area contributed by atoms with Crippen molar-refractivity contribution >= 4 is 18.7 Å². The molecule has 18 heavy (non-hydrogen) atoms. The Morgan fingerprint density at radius 1 is 1.22 bits per heavy atom. The van der Waals surface area contributed by atoms with Crippen molar-refractivity contribution in [1.82, 2.24) is 0 Å². The second kappa shape index (κ2) is 17.5. The summed E-state index contributed by atoms with van der Waals surface area (Å²) in [6, 6.07) is 7.12. The lowest BCUT2D eigenvalue weighted by atomic mass is 9.80. The molecule has 0 aliphatic carbocycles. The number of benzene rings is 1. The molecular weight excluding hydrogens is 229 g/mol. The summed E-state index contributed by atoms with van der Waals surface area (Å²) in [6.45, 7) is 13.9. The van der Waals surface area contributed by atoms with Crippen LogP contribution >= 0.6 is 0 Å². The van der Waals surface area contributed by atoms with E-state index in [1.54, 1.807) is 18.2 Å². The molecule has 0 aliphatic heterocycles. The number of aryl methyl sites for hydroxylation is 1. The van der Waals surface area contributed by atoms with Gasteiger partial charge in [0.2, 0.25) is 6.08 Å². The van der Waals surface area contributed by atoms with Gasteiger partial charge in [0.25, 0.3) is 0 Å². The number of hydrogen-bond donors (Lipinski definition) is 2. The van der Waals surface area contributed by atoms with Crippen molar-refractivity contribution in [3.05, 3.63) is 56.1 Å². The molecule has 1 rings (SSSR count). The van der Waals surface area contributed by atoms with E-state index in [9.17, 15) is 0 Å². The molecule has 1 aromatic carbocycles. The van der Waals surface area contributed by atoms with E-state index in [1.165, 1.54) is 13.1 Å². The second-order valence-electron chi connectivity index (χ2n) is 2.60. The Balaban J connectivity index is -0.000000238. The Hall–Kier alpha value is -1.94. The highest BCUT2D eigenvalue weighted by atomic mass is 16.4. The van der Waals surface area contributed by atoms with Crippen molar-refractivity contribution in [3.8, 4) is 0 Å². The lowest BCUT2D eigenvalue weighted by Crippen LogP contribution is -2.29. The number of isocyanates is 1. The number of rotatable bonds is 1. The zero-order valence-corrected chi connectivity index (χ0v) is 11.0. The van der Waals surface area contributed by atoms with E-state index in [0.29, 0.717) is 5.46 Å². The van der Waals surface area contributed by atoms with Gasteiger partial charge in [-0.25, -0.2) is 9.79 Å². The zero-order valence-electron chi connectivity index (χ0n) is 11.0. The molecule has 0 heterocycles. The molecule has 4 nitrogen and oxygen atoms in total. The van der Waals surface area contributed by atoms with Gasteiger partial charge in [-0.3, -0.25) is 0 Å². The van der Waals surface area contributed by atoms with E-state index in [0.717, 1.165) is 5.56 Å². The first kappa shape index (κ1) is 21.4. The highest BCUT2D eigenvalue weighted by molar-refractivity contribution is 6.58. The highest BCUT2D eigenvalue weighted by Crippen LogP contribution is 1.92. The number of hydrogen-bond acceptors (Lipinski definition) is 4. The molecule has 5 heteroatoms. The summed E-state index contributed by atoms with van der Waals surface area (Å²) in [4.78, 5) is 11.8. The Kier molecular flexibility index (Phi) is 20.7. The predicted octanol–water partition coefficient (Wildman–Crippen LogP) is 1.23. The van der Waals surface area contributed by atoms with Gasteiger partial charge in [0.15, 0.2) is 0 Å². The maximum Gasteiger partial charge on any atom is 0.488 e. The normalized spacial score (nSPS) is 6.67. The summed E-state index contributed by atoms with van der Waals surface area (Å²) < 4.78 is 0. The maximum absolute atomic E-state index is 8.88. The first-order valence-corrected chi connectivity index (χ1v) is 5.00. The zero-order chi connectivity index (χ0) is 15.0. The van der Waals surface area contributed by atoms with Crippen LogP contribution in [0.25, 0.3) is 0 Å². The highest BCUT2D eigenvalue weighted by Gasteiger charge is 2.08. The van der Waals surface area contributed by atoms with Crippen molar-refractivity contribution in [1.29, 1.82) is 0 Å². The summed E-state index contributed by atoms with van der Waals surface area (Å²) in [5, 5.41) is 17.4. The Bertz CT molecular complexity index is 348. The number of aliphatic imine (C=N–C) groups is 1. The average Bonchev–Trinajstić information content (AvgIpc) is 2.43. The molecule has 0 aromatic heterocycles. The Morgan fingerprint density at radius 3 is 1.89 bits per heavy atom. The van der Waals surface area contributed by atoms with Gasteiger partial charge in [-0.2, -0.15) is 0 Å². The van der Waals surface area contributed by atoms with E-state index >= 15 is 0 Å². The van der Waals surface area contributed by atoms with E-state index in [-0.39, 0.29) is 0 Å². The van der Waals surface area contributed by atoms with Gasteiger partial charge in [0.1, 0.15) is 0 Å². The molecule has 0 aliphatic rings. The molecule has 98 valence electrons. The molecule has 0 radical (unpaired) electrons. The summed E-state index contributed by atoms with van der Waals surface area (Å²) in [6.07, 6.45) is 1.31. The summed E-state index contributed by atoms with van der Waals surface area (Å²) >= 11 is 0. The summed E-state index contributed by atoms with van der Waals surface area (Å²) in [7, 11) is 0.0346. The fourth-order valence-electron chi connectivity index (χ4n) is 0.831. The number of carbonyl (C=O) groups excluding carboxylic acids is 1. The molecule has 0 saturated heterocycles. The molecule has 0 amide bonds. The third kappa shape index (κ3) is 14.1. The molecule has 2 N–H and O–H groups in total. The SMILES string of the molecule is C=C.C=C.CN=C=O.Cc1cccc(B(O)O)c1. The van der Waals surface area contributed by atoms with Crippen molar-refractivity contribution < 1.29 is 14.8 Å². The average molecular weight is 249 g/mol. The Labute approximate surface area is 109 Å². The van der Waals surface area contributed by atoms with Crippen molar-refractivity contribution in [3.63, 3.8) is 0 Å². The van der Waals surface area contributed by atoms with E-state index in [2.05, 4.69) is 31.3 Å². The molecule has 0 bridgehead atoms. The standard InChI is InChI=1S/C7H9BO2.C2H3NO.2C2H4/c1-6-3-2-4-7(5-6)8(9)10;1-3-2-4;2*1-2/h2-5,9-10H,1H3;1H3;2*1-2H2. The Morgan fingerprint density at radius 2 is 1.67 bits per heavy atom. The molecule has 0 spiro atoms. The third-order valence-corrected chi connectivity index (χ3v) is 1.43. The smallest absolute Gasteiger partial charge is 0.423 e. The fourth-order valence-corrected chi connectivity index (χ4v) is 0.831. The third-order valence-electron chi connectivity index (χ3n) is 1.43. The van der Waals surface area contributed by atoms with Crippen LogP contribution < -0.4 is 5.46 Å². The van der Waals surface area contributed by atoms with Crippen LogP contribution in [-0.2, 0) is 4.79 Å². The largest absolute Gasteiger partial charge is 0.488 e. The van der Waals surface area contributed by atoms with Gasteiger partial charge in [-0.15, -0.1) is 26.3 Å². The van der Waals surface area contributed by atoms with Crippen LogP contribution in [0.2, 0.25) is 0 Å².